The van der Waals surface area contributed by atoms with Crippen LogP contribution in [0.2, 0.25) is 0 Å². The summed E-state index contributed by atoms with van der Waals surface area (Å²) in [6, 6.07) is 13.2. The highest BCUT2D eigenvalue weighted by Crippen LogP contribution is 2.25. The fourth-order valence-corrected chi connectivity index (χ4v) is 3.53. The molecule has 0 amide bonds. The topological polar surface area (TPSA) is 56.9 Å². The van der Waals surface area contributed by atoms with Crippen molar-refractivity contribution in [1.82, 2.24) is 20.3 Å². The largest absolute Gasteiger partial charge is 0.364 e. The zero-order chi connectivity index (χ0) is 18.2. The van der Waals surface area contributed by atoms with Crippen molar-refractivity contribution in [2.75, 3.05) is 32.7 Å². The normalized spacial score (nSPS) is 16.7. The van der Waals surface area contributed by atoms with Gasteiger partial charge in [-0.3, -0.25) is 4.90 Å². The van der Waals surface area contributed by atoms with Crippen molar-refractivity contribution in [1.29, 1.82) is 0 Å². The molecule has 1 aliphatic rings. The standard InChI is InChI=1S/C20H29N5O.HI/c1-3-19(17-8-6-5-7-9-17)24-11-13-25(14-12-24)20(21-4-2)22-16-18-10-15-26-23-18;/h5-10,15,19H,3-4,11-14,16H2,1-2H3,(H,21,22);1H. The number of nitrogens with zero attached hydrogens (tertiary/aromatic N) is 4. The molecule has 2 aromatic rings. The van der Waals surface area contributed by atoms with Crippen LogP contribution in [-0.2, 0) is 6.54 Å². The van der Waals surface area contributed by atoms with Crippen molar-refractivity contribution in [3.05, 3.63) is 53.9 Å². The first-order valence-electron chi connectivity index (χ1n) is 9.53. The molecule has 1 atom stereocenters. The van der Waals surface area contributed by atoms with Crippen LogP contribution in [0.4, 0.5) is 0 Å². The van der Waals surface area contributed by atoms with Crippen molar-refractivity contribution >= 4 is 29.9 Å². The molecule has 0 spiro atoms. The molecule has 1 aromatic carbocycles. The maximum atomic E-state index is 4.89. The minimum Gasteiger partial charge on any atom is -0.364 e. The Labute approximate surface area is 179 Å². The first kappa shape index (κ1) is 21.7. The molecular weight excluding hydrogens is 453 g/mol. The highest BCUT2D eigenvalue weighted by atomic mass is 127. The number of nitrogens with one attached hydrogen (secondary N) is 1. The highest BCUT2D eigenvalue weighted by molar-refractivity contribution is 14.0. The number of rotatable bonds is 6. The second kappa shape index (κ2) is 11.3. The van der Waals surface area contributed by atoms with Crippen LogP contribution >= 0.6 is 24.0 Å². The molecule has 3 rings (SSSR count). The third kappa shape index (κ3) is 5.93. The van der Waals surface area contributed by atoms with Gasteiger partial charge in [-0.05, 0) is 18.9 Å². The van der Waals surface area contributed by atoms with E-state index in [0.717, 1.165) is 50.8 Å². The van der Waals surface area contributed by atoms with Gasteiger partial charge in [-0.15, -0.1) is 24.0 Å². The van der Waals surface area contributed by atoms with E-state index in [9.17, 15) is 0 Å². The van der Waals surface area contributed by atoms with Crippen LogP contribution in [-0.4, -0.2) is 53.6 Å². The van der Waals surface area contributed by atoms with E-state index in [-0.39, 0.29) is 24.0 Å². The molecule has 7 heteroatoms. The summed E-state index contributed by atoms with van der Waals surface area (Å²) in [6.07, 6.45) is 2.72. The van der Waals surface area contributed by atoms with Crippen LogP contribution in [0.5, 0.6) is 0 Å². The van der Waals surface area contributed by atoms with E-state index < -0.39 is 0 Å². The smallest absolute Gasteiger partial charge is 0.194 e. The maximum absolute atomic E-state index is 4.89. The number of aliphatic imine (C=N–C) groups is 1. The zero-order valence-electron chi connectivity index (χ0n) is 16.2. The van der Waals surface area contributed by atoms with Gasteiger partial charge in [-0.25, -0.2) is 4.99 Å². The van der Waals surface area contributed by atoms with E-state index in [0.29, 0.717) is 12.6 Å². The lowest BCUT2D eigenvalue weighted by Crippen LogP contribution is -2.53. The molecule has 1 fully saturated rings. The molecule has 6 nitrogen and oxygen atoms in total. The SMILES string of the molecule is CCNC(=NCc1ccon1)N1CCN(C(CC)c2ccccc2)CC1.I. The number of hydrogen-bond donors (Lipinski definition) is 1. The molecule has 1 saturated heterocycles. The number of aromatic nitrogens is 1. The molecule has 148 valence electrons. The third-order valence-electron chi connectivity index (χ3n) is 4.84. The van der Waals surface area contributed by atoms with Gasteiger partial charge in [0.15, 0.2) is 5.96 Å². The lowest BCUT2D eigenvalue weighted by Gasteiger charge is -2.40. The van der Waals surface area contributed by atoms with Crippen LogP contribution in [0.1, 0.15) is 37.6 Å². The Morgan fingerprint density at radius 2 is 1.89 bits per heavy atom. The molecule has 1 aliphatic heterocycles. The molecule has 0 aliphatic carbocycles. The summed E-state index contributed by atoms with van der Waals surface area (Å²) >= 11 is 0. The number of guanidine groups is 1. The summed E-state index contributed by atoms with van der Waals surface area (Å²) in [5, 5.41) is 7.34. The number of piperazine rings is 1. The van der Waals surface area contributed by atoms with Gasteiger partial charge in [0.05, 0.1) is 6.54 Å². The Balaban J connectivity index is 0.00000261. The second-order valence-electron chi connectivity index (χ2n) is 6.52. The first-order chi connectivity index (χ1) is 12.8. The lowest BCUT2D eigenvalue weighted by atomic mass is 10.0. The molecule has 1 unspecified atom stereocenters. The molecule has 1 aromatic heterocycles. The number of benzene rings is 1. The third-order valence-corrected chi connectivity index (χ3v) is 4.84. The Hall–Kier alpha value is -1.61. The Bertz CT molecular complexity index is 669. The van der Waals surface area contributed by atoms with E-state index in [1.54, 1.807) is 6.26 Å². The Morgan fingerprint density at radius 1 is 1.15 bits per heavy atom. The van der Waals surface area contributed by atoms with Gasteiger partial charge in [0.25, 0.3) is 0 Å². The van der Waals surface area contributed by atoms with Crippen LogP contribution < -0.4 is 5.32 Å². The van der Waals surface area contributed by atoms with E-state index in [4.69, 9.17) is 9.52 Å². The van der Waals surface area contributed by atoms with Crippen molar-refractivity contribution in [2.45, 2.75) is 32.9 Å². The fourth-order valence-electron chi connectivity index (χ4n) is 3.53. The van der Waals surface area contributed by atoms with E-state index in [2.05, 4.69) is 64.5 Å². The molecule has 1 N–H and O–H groups in total. The maximum Gasteiger partial charge on any atom is 0.194 e. The summed E-state index contributed by atoms with van der Waals surface area (Å²) in [6.45, 7) is 9.82. The molecule has 2 heterocycles. The van der Waals surface area contributed by atoms with Crippen LogP contribution in [0.15, 0.2) is 52.2 Å². The molecular formula is C20H30IN5O. The van der Waals surface area contributed by atoms with Gasteiger partial charge >= 0.3 is 0 Å². The van der Waals surface area contributed by atoms with Crippen LogP contribution in [0.25, 0.3) is 0 Å². The molecule has 0 bridgehead atoms. The van der Waals surface area contributed by atoms with Crippen LogP contribution in [0.3, 0.4) is 0 Å². The quantitative estimate of drug-likeness (QED) is 0.387. The average molecular weight is 483 g/mol. The summed E-state index contributed by atoms with van der Waals surface area (Å²) < 4.78 is 4.89. The minimum absolute atomic E-state index is 0. The predicted molar refractivity (Wildman–Crippen MR) is 119 cm³/mol. The molecule has 0 saturated carbocycles. The van der Waals surface area contributed by atoms with Gasteiger partial charge in [0, 0.05) is 44.8 Å². The van der Waals surface area contributed by atoms with Crippen LogP contribution in [0, 0.1) is 0 Å². The monoisotopic (exact) mass is 483 g/mol. The summed E-state index contributed by atoms with van der Waals surface area (Å²) in [5.74, 6) is 0.961. The Morgan fingerprint density at radius 3 is 2.48 bits per heavy atom. The van der Waals surface area contributed by atoms with E-state index >= 15 is 0 Å². The van der Waals surface area contributed by atoms with Gasteiger partial charge in [-0.1, -0.05) is 42.4 Å². The van der Waals surface area contributed by atoms with Gasteiger partial charge < -0.3 is 14.7 Å². The van der Waals surface area contributed by atoms with Crippen molar-refractivity contribution < 1.29 is 4.52 Å². The second-order valence-corrected chi connectivity index (χ2v) is 6.52. The minimum atomic E-state index is 0. The van der Waals surface area contributed by atoms with E-state index in [1.807, 2.05) is 6.07 Å². The summed E-state index contributed by atoms with van der Waals surface area (Å²) in [5.41, 5.74) is 2.27. The predicted octanol–water partition coefficient (Wildman–Crippen LogP) is 3.53. The van der Waals surface area contributed by atoms with Gasteiger partial charge in [-0.2, -0.15) is 0 Å². The van der Waals surface area contributed by atoms with Gasteiger partial charge in [0.1, 0.15) is 12.0 Å². The number of halogens is 1. The molecule has 27 heavy (non-hydrogen) atoms. The summed E-state index contributed by atoms with van der Waals surface area (Å²) in [4.78, 5) is 9.65. The van der Waals surface area contributed by atoms with E-state index in [1.165, 1.54) is 5.56 Å². The van der Waals surface area contributed by atoms with Crippen molar-refractivity contribution in [3.63, 3.8) is 0 Å². The molecule has 0 radical (unpaired) electrons. The first-order valence-corrected chi connectivity index (χ1v) is 9.53. The van der Waals surface area contributed by atoms with Gasteiger partial charge in [0.2, 0.25) is 0 Å². The Kier molecular flexibility index (Phi) is 9.06. The highest BCUT2D eigenvalue weighted by Gasteiger charge is 2.25. The van der Waals surface area contributed by atoms with Crippen molar-refractivity contribution in [2.24, 2.45) is 4.99 Å². The number of hydrogen-bond acceptors (Lipinski definition) is 4. The van der Waals surface area contributed by atoms with Crippen molar-refractivity contribution in [3.8, 4) is 0 Å². The lowest BCUT2D eigenvalue weighted by molar-refractivity contribution is 0.127. The fraction of sp³-hybridized carbons (Fsp3) is 0.500. The summed E-state index contributed by atoms with van der Waals surface area (Å²) in [7, 11) is 0. The zero-order valence-corrected chi connectivity index (χ0v) is 18.5. The average Bonchev–Trinajstić information content (AvgIpc) is 3.21.